The van der Waals surface area contributed by atoms with E-state index >= 15 is 0 Å². The molecule has 1 aromatic carbocycles. The predicted octanol–water partition coefficient (Wildman–Crippen LogP) is 1.02. The van der Waals surface area contributed by atoms with E-state index in [9.17, 15) is 9.59 Å². The zero-order valence-corrected chi connectivity index (χ0v) is 11.7. The van der Waals surface area contributed by atoms with E-state index in [1.54, 1.807) is 6.07 Å². The van der Waals surface area contributed by atoms with Crippen LogP contribution in [-0.2, 0) is 20.7 Å². The molecule has 2 heterocycles. The van der Waals surface area contributed by atoms with E-state index in [1.807, 2.05) is 12.1 Å². The van der Waals surface area contributed by atoms with Gasteiger partial charge >= 0.3 is 0 Å². The molecule has 6 nitrogen and oxygen atoms in total. The number of rotatable bonds is 3. The molecule has 1 fully saturated rings. The molecule has 2 aliphatic rings. The van der Waals surface area contributed by atoms with Gasteiger partial charge in [0, 0.05) is 24.3 Å². The molecule has 2 amide bonds. The van der Waals surface area contributed by atoms with E-state index in [0.717, 1.165) is 23.4 Å². The third kappa shape index (κ3) is 3.06. The number of hydrogen-bond acceptors (Lipinski definition) is 4. The maximum atomic E-state index is 12.1. The van der Waals surface area contributed by atoms with Gasteiger partial charge in [-0.25, -0.2) is 0 Å². The molecule has 21 heavy (non-hydrogen) atoms. The van der Waals surface area contributed by atoms with Crippen molar-refractivity contribution in [2.75, 3.05) is 17.2 Å². The van der Waals surface area contributed by atoms with Gasteiger partial charge in [0.1, 0.15) is 6.10 Å². The topological polar surface area (TPSA) is 93.5 Å². The lowest BCUT2D eigenvalue weighted by molar-refractivity contribution is -0.126. The van der Waals surface area contributed by atoms with Crippen LogP contribution in [0.2, 0.25) is 0 Å². The van der Waals surface area contributed by atoms with Gasteiger partial charge in [0.2, 0.25) is 5.91 Å². The summed E-state index contributed by atoms with van der Waals surface area (Å²) < 4.78 is 5.58. The number of carbonyl (C=O) groups excluding carboxylic acids is 2. The number of amides is 2. The molecule has 0 bridgehead atoms. The maximum absolute atomic E-state index is 12.1. The average Bonchev–Trinajstić information content (AvgIpc) is 2.96. The first-order valence-electron chi connectivity index (χ1n) is 7.25. The number of carbonyl (C=O) groups is 2. The summed E-state index contributed by atoms with van der Waals surface area (Å²) in [6, 6.07) is 5.51. The number of fused-ring (bicyclic) bond motifs is 1. The number of hydrogen-bond donors (Lipinski definition) is 3. The Kier molecular flexibility index (Phi) is 3.90. The molecular formula is C15H19N3O3. The van der Waals surface area contributed by atoms with Crippen LogP contribution in [0, 0.1) is 0 Å². The van der Waals surface area contributed by atoms with Crippen molar-refractivity contribution in [2.24, 2.45) is 5.73 Å². The van der Waals surface area contributed by atoms with Crippen molar-refractivity contribution in [1.29, 1.82) is 0 Å². The monoisotopic (exact) mass is 289 g/mol. The number of benzene rings is 1. The maximum Gasteiger partial charge on any atom is 0.253 e. The van der Waals surface area contributed by atoms with Crippen LogP contribution < -0.4 is 16.4 Å². The zero-order chi connectivity index (χ0) is 14.8. The lowest BCUT2D eigenvalue weighted by Crippen LogP contribution is -2.30. The zero-order valence-electron chi connectivity index (χ0n) is 11.7. The van der Waals surface area contributed by atoms with Crippen LogP contribution in [0.15, 0.2) is 18.2 Å². The Morgan fingerprint density at radius 2 is 2.24 bits per heavy atom. The normalized spacial score (nSPS) is 24.3. The smallest absolute Gasteiger partial charge is 0.253 e. The van der Waals surface area contributed by atoms with Gasteiger partial charge in [-0.05, 0) is 43.0 Å². The van der Waals surface area contributed by atoms with Gasteiger partial charge in [0.05, 0.1) is 6.10 Å². The second kappa shape index (κ2) is 5.83. The minimum atomic E-state index is -0.422. The molecule has 0 spiro atoms. The Hall–Kier alpha value is -1.92. The molecule has 2 atom stereocenters. The fourth-order valence-corrected chi connectivity index (χ4v) is 2.76. The van der Waals surface area contributed by atoms with Crippen molar-refractivity contribution < 1.29 is 14.3 Å². The summed E-state index contributed by atoms with van der Waals surface area (Å²) in [5, 5.41) is 5.69. The van der Waals surface area contributed by atoms with Crippen LogP contribution in [0.5, 0.6) is 0 Å². The Labute approximate surface area is 123 Å². The Balaban J connectivity index is 1.65. The molecule has 0 aromatic heterocycles. The number of nitrogens with one attached hydrogen (secondary N) is 2. The van der Waals surface area contributed by atoms with Crippen molar-refractivity contribution in [1.82, 2.24) is 0 Å². The highest BCUT2D eigenvalue weighted by Gasteiger charge is 2.30. The van der Waals surface area contributed by atoms with Crippen molar-refractivity contribution in [3.8, 4) is 0 Å². The quantitative estimate of drug-likeness (QED) is 0.774. The summed E-state index contributed by atoms with van der Waals surface area (Å²) in [5.74, 6) is -0.0998. The predicted molar refractivity (Wildman–Crippen MR) is 79.0 cm³/mol. The second-order valence-corrected chi connectivity index (χ2v) is 5.47. The third-order valence-corrected chi connectivity index (χ3v) is 3.93. The first-order chi connectivity index (χ1) is 10.2. The highest BCUT2D eigenvalue weighted by atomic mass is 16.5. The molecule has 6 heteroatoms. The van der Waals surface area contributed by atoms with Crippen LogP contribution in [0.3, 0.4) is 0 Å². The molecule has 2 aliphatic heterocycles. The summed E-state index contributed by atoms with van der Waals surface area (Å²) >= 11 is 0. The third-order valence-electron chi connectivity index (χ3n) is 3.93. The Morgan fingerprint density at radius 1 is 1.38 bits per heavy atom. The number of ether oxygens (including phenoxy) is 1. The molecule has 3 rings (SSSR count). The first kappa shape index (κ1) is 14.0. The summed E-state index contributed by atoms with van der Waals surface area (Å²) in [5.41, 5.74) is 8.14. The summed E-state index contributed by atoms with van der Waals surface area (Å²) in [6.07, 6.45) is 2.27. The van der Waals surface area contributed by atoms with E-state index in [0.29, 0.717) is 25.8 Å². The molecule has 0 unspecified atom stereocenters. The standard InChI is InChI=1S/C15H19N3O3/c16-8-11-3-5-13(21-11)15(20)17-10-2-4-12-9(7-10)1-6-14(19)18-12/h2,4,7,11,13H,1,3,5-6,8,16H2,(H,17,20)(H,18,19)/t11-,13+/m1/s1. The molecule has 1 aromatic rings. The summed E-state index contributed by atoms with van der Waals surface area (Å²) in [7, 11) is 0. The molecular weight excluding hydrogens is 270 g/mol. The molecule has 0 radical (unpaired) electrons. The minimum absolute atomic E-state index is 0.0144. The van der Waals surface area contributed by atoms with Crippen molar-refractivity contribution in [2.45, 2.75) is 37.9 Å². The van der Waals surface area contributed by atoms with E-state index in [1.165, 1.54) is 0 Å². The van der Waals surface area contributed by atoms with Gasteiger partial charge in [-0.1, -0.05) is 0 Å². The van der Waals surface area contributed by atoms with Gasteiger partial charge < -0.3 is 21.1 Å². The molecule has 112 valence electrons. The largest absolute Gasteiger partial charge is 0.364 e. The lowest BCUT2D eigenvalue weighted by Gasteiger charge is -2.18. The summed E-state index contributed by atoms with van der Waals surface area (Å²) in [4.78, 5) is 23.5. The molecule has 0 saturated carbocycles. The van der Waals surface area contributed by atoms with E-state index in [2.05, 4.69) is 10.6 Å². The molecule has 4 N–H and O–H groups in total. The average molecular weight is 289 g/mol. The highest BCUT2D eigenvalue weighted by molar-refractivity contribution is 5.97. The fraction of sp³-hybridized carbons (Fsp3) is 0.467. The number of anilines is 2. The van der Waals surface area contributed by atoms with Crippen LogP contribution in [-0.4, -0.2) is 30.6 Å². The highest BCUT2D eigenvalue weighted by Crippen LogP contribution is 2.26. The number of aryl methyl sites for hydroxylation is 1. The van der Waals surface area contributed by atoms with Crippen molar-refractivity contribution in [3.63, 3.8) is 0 Å². The minimum Gasteiger partial charge on any atom is -0.364 e. The van der Waals surface area contributed by atoms with Crippen LogP contribution >= 0.6 is 0 Å². The Morgan fingerprint density at radius 3 is 3.00 bits per heavy atom. The van der Waals surface area contributed by atoms with Gasteiger partial charge in [0.25, 0.3) is 5.91 Å². The van der Waals surface area contributed by atoms with Gasteiger partial charge in [-0.15, -0.1) is 0 Å². The van der Waals surface area contributed by atoms with Crippen LogP contribution in [0.4, 0.5) is 11.4 Å². The Bertz CT molecular complexity index is 573. The fourth-order valence-electron chi connectivity index (χ4n) is 2.76. The second-order valence-electron chi connectivity index (χ2n) is 5.47. The van der Waals surface area contributed by atoms with Gasteiger partial charge in [-0.3, -0.25) is 9.59 Å². The van der Waals surface area contributed by atoms with E-state index in [-0.39, 0.29) is 17.9 Å². The van der Waals surface area contributed by atoms with Crippen molar-refractivity contribution in [3.05, 3.63) is 23.8 Å². The van der Waals surface area contributed by atoms with Crippen molar-refractivity contribution >= 4 is 23.2 Å². The lowest BCUT2D eigenvalue weighted by atomic mass is 10.0. The number of nitrogens with two attached hydrogens (primary N) is 1. The van der Waals surface area contributed by atoms with Gasteiger partial charge in [-0.2, -0.15) is 0 Å². The van der Waals surface area contributed by atoms with Gasteiger partial charge in [0.15, 0.2) is 0 Å². The summed E-state index contributed by atoms with van der Waals surface area (Å²) in [6.45, 7) is 0.447. The van der Waals surface area contributed by atoms with Crippen LogP contribution in [0.1, 0.15) is 24.8 Å². The first-order valence-corrected chi connectivity index (χ1v) is 7.25. The van der Waals surface area contributed by atoms with Crippen LogP contribution in [0.25, 0.3) is 0 Å². The van der Waals surface area contributed by atoms with E-state index < -0.39 is 6.10 Å². The van der Waals surface area contributed by atoms with E-state index in [4.69, 9.17) is 10.5 Å². The SMILES string of the molecule is NC[C@H]1CC[C@@H](C(=O)Nc2ccc3c(c2)CCC(=O)N3)O1. The molecule has 1 saturated heterocycles. The molecule has 0 aliphatic carbocycles.